The van der Waals surface area contributed by atoms with E-state index < -0.39 is 12.6 Å². The molecule has 0 fully saturated rings. The number of fused-ring (bicyclic) bond motifs is 1. The predicted molar refractivity (Wildman–Crippen MR) is 134 cm³/mol. The summed E-state index contributed by atoms with van der Waals surface area (Å²) in [6.45, 7) is 1.11. The van der Waals surface area contributed by atoms with Crippen molar-refractivity contribution in [1.29, 1.82) is 0 Å². The fourth-order valence-electron chi connectivity index (χ4n) is 4.19. The molecule has 5 rings (SSSR count). The molecule has 1 aliphatic heterocycles. The van der Waals surface area contributed by atoms with Gasteiger partial charge in [-0.05, 0) is 74.0 Å². The highest BCUT2D eigenvalue weighted by Gasteiger charge is 2.30. The molecule has 2 heterocycles. The Kier molecular flexibility index (Phi) is 6.14. The fourth-order valence-corrected chi connectivity index (χ4v) is 4.32. The molecule has 0 aliphatic carbocycles. The Morgan fingerprint density at radius 3 is 2.47 bits per heavy atom. The molecular formula is C27H22ClF2N3O3. The fraction of sp³-hybridized carbons (Fsp3) is 0.185. The molecule has 9 heteroatoms. The number of halogens is 3. The molecule has 0 bridgehead atoms. The van der Waals surface area contributed by atoms with E-state index >= 15 is 0 Å². The molecule has 4 aromatic rings. The third kappa shape index (κ3) is 5.04. The van der Waals surface area contributed by atoms with Gasteiger partial charge in [0.25, 0.3) is 0 Å². The van der Waals surface area contributed by atoms with E-state index in [-0.39, 0.29) is 11.4 Å². The van der Waals surface area contributed by atoms with Crippen molar-refractivity contribution in [1.82, 2.24) is 9.78 Å². The largest absolute Gasteiger partial charge is 0.487 e. The summed E-state index contributed by atoms with van der Waals surface area (Å²) in [6, 6.07) is 18.3. The number of hydrogen-bond acceptors (Lipinski definition) is 4. The van der Waals surface area contributed by atoms with Gasteiger partial charge in [-0.15, -0.1) is 0 Å². The number of carbonyl (C=O) groups is 1. The number of aromatic nitrogens is 2. The lowest BCUT2D eigenvalue weighted by Crippen LogP contribution is -2.24. The highest BCUT2D eigenvalue weighted by atomic mass is 35.5. The van der Waals surface area contributed by atoms with Crippen LogP contribution in [-0.2, 0) is 6.42 Å². The first-order valence-electron chi connectivity index (χ1n) is 11.2. The first-order valence-corrected chi connectivity index (χ1v) is 11.6. The number of nitrogens with one attached hydrogen (secondary N) is 1. The molecule has 6 nitrogen and oxygen atoms in total. The van der Waals surface area contributed by atoms with Gasteiger partial charge in [0.15, 0.2) is 0 Å². The van der Waals surface area contributed by atoms with Gasteiger partial charge in [-0.3, -0.25) is 0 Å². The van der Waals surface area contributed by atoms with Crippen LogP contribution in [0.15, 0.2) is 72.9 Å². The molecule has 0 spiro atoms. The van der Waals surface area contributed by atoms with Crippen LogP contribution in [-0.4, -0.2) is 28.0 Å². The molecule has 0 unspecified atom stereocenters. The number of nitrogens with zero attached hydrogens (tertiary/aromatic N) is 2. The molecular weight excluding hydrogens is 488 g/mol. The van der Waals surface area contributed by atoms with Crippen molar-refractivity contribution in [3.63, 3.8) is 0 Å². The van der Waals surface area contributed by atoms with E-state index in [1.807, 2.05) is 38.1 Å². The number of benzene rings is 3. The van der Waals surface area contributed by atoms with E-state index in [0.717, 1.165) is 23.3 Å². The van der Waals surface area contributed by atoms with Crippen LogP contribution < -0.4 is 14.8 Å². The average molecular weight is 510 g/mol. The van der Waals surface area contributed by atoms with Crippen LogP contribution in [0.4, 0.5) is 19.3 Å². The van der Waals surface area contributed by atoms with Crippen molar-refractivity contribution in [2.24, 2.45) is 0 Å². The summed E-state index contributed by atoms with van der Waals surface area (Å²) in [5.41, 5.74) is 3.95. The van der Waals surface area contributed by atoms with Crippen LogP contribution in [0.5, 0.6) is 11.5 Å². The zero-order valence-electron chi connectivity index (χ0n) is 19.5. The molecule has 1 aromatic heterocycles. The summed E-state index contributed by atoms with van der Waals surface area (Å²) in [6.07, 6.45) is 2.36. The minimum atomic E-state index is -2.92. The molecule has 184 valence electrons. The number of rotatable bonds is 5. The molecule has 36 heavy (non-hydrogen) atoms. The first kappa shape index (κ1) is 23.8. The Bertz CT molecular complexity index is 1420. The minimum absolute atomic E-state index is 0.0303. The first-order chi connectivity index (χ1) is 17.2. The third-order valence-corrected chi connectivity index (χ3v) is 6.00. The number of carbonyl (C=O) groups excluding carboxylic acids is 1. The summed E-state index contributed by atoms with van der Waals surface area (Å²) in [4.78, 5) is 13.1. The smallest absolute Gasteiger partial charge is 0.387 e. The van der Waals surface area contributed by atoms with Gasteiger partial charge in [0.2, 0.25) is 0 Å². The third-order valence-electron chi connectivity index (χ3n) is 5.74. The quantitative estimate of drug-likeness (QED) is 0.307. The molecule has 0 radical (unpaired) electrons. The summed E-state index contributed by atoms with van der Waals surface area (Å²) < 4.78 is 36.7. The monoisotopic (exact) mass is 509 g/mol. The molecule has 1 N–H and O–H groups in total. The minimum Gasteiger partial charge on any atom is -0.487 e. The van der Waals surface area contributed by atoms with Crippen LogP contribution in [0, 0.1) is 0 Å². The highest BCUT2D eigenvalue weighted by molar-refractivity contribution is 6.30. The van der Waals surface area contributed by atoms with Crippen molar-refractivity contribution in [2.75, 3.05) is 5.32 Å². The number of alkyl halides is 2. The van der Waals surface area contributed by atoms with Crippen molar-refractivity contribution in [3.05, 3.63) is 83.5 Å². The van der Waals surface area contributed by atoms with Gasteiger partial charge in [0.1, 0.15) is 22.8 Å². The average Bonchev–Trinajstić information content (AvgIpc) is 3.39. The molecule has 0 saturated heterocycles. The summed E-state index contributed by atoms with van der Waals surface area (Å²) in [7, 11) is 0. The van der Waals surface area contributed by atoms with Gasteiger partial charge < -0.3 is 14.8 Å². The van der Waals surface area contributed by atoms with Gasteiger partial charge in [-0.1, -0.05) is 23.7 Å². The molecule has 0 saturated carbocycles. The molecule has 0 atom stereocenters. The Morgan fingerprint density at radius 1 is 1.08 bits per heavy atom. The number of amides is 1. The van der Waals surface area contributed by atoms with Gasteiger partial charge in [0, 0.05) is 40.0 Å². The lowest BCUT2D eigenvalue weighted by Gasteiger charge is -2.16. The lowest BCUT2D eigenvalue weighted by atomic mass is 10.0. The second-order valence-corrected chi connectivity index (χ2v) is 9.47. The summed E-state index contributed by atoms with van der Waals surface area (Å²) in [5.74, 6) is 0.839. The Labute approximate surface area is 211 Å². The van der Waals surface area contributed by atoms with Crippen LogP contribution in [0.2, 0.25) is 5.02 Å². The van der Waals surface area contributed by atoms with Gasteiger partial charge in [-0.25, -0.2) is 4.79 Å². The second-order valence-electron chi connectivity index (χ2n) is 9.04. The summed E-state index contributed by atoms with van der Waals surface area (Å²) in [5, 5.41) is 7.97. The lowest BCUT2D eigenvalue weighted by molar-refractivity contribution is -0.0498. The van der Waals surface area contributed by atoms with E-state index in [1.54, 1.807) is 36.5 Å². The normalized spacial score (nSPS) is 13.8. The van der Waals surface area contributed by atoms with Crippen LogP contribution in [0.3, 0.4) is 0 Å². The van der Waals surface area contributed by atoms with Gasteiger partial charge >= 0.3 is 12.6 Å². The van der Waals surface area contributed by atoms with Crippen molar-refractivity contribution in [2.45, 2.75) is 32.5 Å². The van der Waals surface area contributed by atoms with Crippen LogP contribution in [0.25, 0.3) is 22.4 Å². The van der Waals surface area contributed by atoms with E-state index in [1.165, 1.54) is 16.8 Å². The molecule has 1 aliphatic rings. The van der Waals surface area contributed by atoms with Crippen LogP contribution >= 0.6 is 11.6 Å². The Hall–Kier alpha value is -3.91. The van der Waals surface area contributed by atoms with Gasteiger partial charge in [-0.2, -0.15) is 18.6 Å². The predicted octanol–water partition coefficient (Wildman–Crippen LogP) is 7.27. The highest BCUT2D eigenvalue weighted by Crippen LogP contribution is 2.37. The maximum Gasteiger partial charge on any atom is 0.387 e. The number of anilines is 1. The van der Waals surface area contributed by atoms with E-state index in [4.69, 9.17) is 16.3 Å². The van der Waals surface area contributed by atoms with Crippen molar-refractivity contribution < 1.29 is 23.0 Å². The Morgan fingerprint density at radius 2 is 1.78 bits per heavy atom. The zero-order valence-corrected chi connectivity index (χ0v) is 20.2. The Balaban J connectivity index is 1.46. The standard InChI is InChI=1S/C27H22ClF2N3O3/c1-27(2)14-18-13-20(9-12-23(18)36-27)31-26(34)33-15-22(16-3-7-19(28)8-4-16)24(32-33)17-5-10-21(11-6-17)35-25(29)30/h3-13,15,25H,14H2,1-2H3,(H,31,34). The maximum atomic E-state index is 13.1. The van der Waals surface area contributed by atoms with Crippen LogP contribution in [0.1, 0.15) is 19.4 Å². The zero-order chi connectivity index (χ0) is 25.4. The summed E-state index contributed by atoms with van der Waals surface area (Å²) >= 11 is 6.05. The number of ether oxygens (including phenoxy) is 2. The van der Waals surface area contributed by atoms with Crippen molar-refractivity contribution in [3.8, 4) is 33.9 Å². The molecule has 3 aromatic carbocycles. The maximum absolute atomic E-state index is 13.1. The SMILES string of the molecule is CC1(C)Cc2cc(NC(=O)n3cc(-c4ccc(Cl)cc4)c(-c4ccc(OC(F)F)cc4)n3)ccc2O1. The molecule has 1 amide bonds. The second kappa shape index (κ2) is 9.28. The van der Waals surface area contributed by atoms with E-state index in [2.05, 4.69) is 15.2 Å². The van der Waals surface area contributed by atoms with E-state index in [0.29, 0.717) is 27.5 Å². The topological polar surface area (TPSA) is 65.4 Å². The number of hydrogen-bond donors (Lipinski definition) is 1. The van der Waals surface area contributed by atoms with E-state index in [9.17, 15) is 13.6 Å². The van der Waals surface area contributed by atoms with Gasteiger partial charge in [0.05, 0.1) is 0 Å². The van der Waals surface area contributed by atoms with Crippen molar-refractivity contribution >= 4 is 23.3 Å².